The molecule has 0 saturated heterocycles. The lowest BCUT2D eigenvalue weighted by Crippen LogP contribution is -2.11. The van der Waals surface area contributed by atoms with Crippen LogP contribution in [0.5, 0.6) is 0 Å². The van der Waals surface area contributed by atoms with Crippen LogP contribution < -0.4 is 0 Å². The van der Waals surface area contributed by atoms with E-state index in [-0.39, 0.29) is 5.41 Å². The van der Waals surface area contributed by atoms with Gasteiger partial charge >= 0.3 is 0 Å². The van der Waals surface area contributed by atoms with Gasteiger partial charge in [-0.15, -0.1) is 0 Å². The van der Waals surface area contributed by atoms with Crippen LogP contribution in [0.25, 0.3) is 77.1 Å². The minimum Gasteiger partial charge on any atom is -0.436 e. The lowest BCUT2D eigenvalue weighted by molar-refractivity contribution is 0.584. The predicted octanol–water partition coefficient (Wildman–Crippen LogP) is 13.3. The van der Waals surface area contributed by atoms with E-state index in [1.165, 1.54) is 49.0 Å². The first-order valence-electron chi connectivity index (χ1n) is 17.5. The van der Waals surface area contributed by atoms with Crippen molar-refractivity contribution in [2.24, 2.45) is 4.99 Å². The number of aliphatic imine (C=N–C) groups is 1. The average molecular weight is 657 g/mol. The third-order valence-corrected chi connectivity index (χ3v) is 9.92. The van der Waals surface area contributed by atoms with Crippen LogP contribution in [0.15, 0.2) is 167 Å². The molecule has 0 bridgehead atoms. The lowest BCUT2D eigenvalue weighted by Gasteiger charge is -2.20. The second-order valence-electron chi connectivity index (χ2n) is 14.3. The average Bonchev–Trinajstić information content (AvgIpc) is 3.61. The van der Waals surface area contributed by atoms with E-state index >= 15 is 0 Å². The fraction of sp³-hybridized carbons (Fsp3) is 0.0833. The Morgan fingerprint density at radius 1 is 0.529 bits per heavy atom. The van der Waals surface area contributed by atoms with Gasteiger partial charge in [-0.25, -0.2) is 4.98 Å². The molecule has 3 nitrogen and oxygen atoms in total. The Balaban J connectivity index is 1.13. The summed E-state index contributed by atoms with van der Waals surface area (Å²) in [7, 11) is 0. The molecule has 0 aliphatic heterocycles. The summed E-state index contributed by atoms with van der Waals surface area (Å²) < 4.78 is 6.62. The molecule has 1 heterocycles. The van der Waals surface area contributed by atoms with Crippen LogP contribution in [0.1, 0.15) is 31.9 Å². The van der Waals surface area contributed by atoms with Gasteiger partial charge in [-0.05, 0) is 96.4 Å². The third kappa shape index (κ3) is 5.67. The van der Waals surface area contributed by atoms with Crippen LogP contribution in [0.3, 0.4) is 0 Å². The van der Waals surface area contributed by atoms with E-state index in [1.807, 2.05) is 30.5 Å². The maximum absolute atomic E-state index is 6.62. The van der Waals surface area contributed by atoms with Gasteiger partial charge in [0, 0.05) is 17.3 Å². The third-order valence-electron chi connectivity index (χ3n) is 9.92. The normalized spacial score (nSPS) is 12.1. The minimum absolute atomic E-state index is 0.0776. The van der Waals surface area contributed by atoms with Crippen LogP contribution in [0.4, 0.5) is 5.69 Å². The fourth-order valence-corrected chi connectivity index (χ4v) is 7.10. The number of aromatic nitrogens is 1. The van der Waals surface area contributed by atoms with Gasteiger partial charge in [0.25, 0.3) is 0 Å². The van der Waals surface area contributed by atoms with Gasteiger partial charge in [-0.1, -0.05) is 142 Å². The van der Waals surface area contributed by atoms with Crippen LogP contribution in [0.2, 0.25) is 0 Å². The second-order valence-corrected chi connectivity index (χ2v) is 14.3. The molecule has 3 heteroatoms. The zero-order valence-corrected chi connectivity index (χ0v) is 28.9. The van der Waals surface area contributed by atoms with Crippen molar-refractivity contribution in [3.8, 4) is 33.7 Å². The molecule has 0 amide bonds. The van der Waals surface area contributed by atoms with Crippen molar-refractivity contribution in [2.45, 2.75) is 26.2 Å². The number of oxazole rings is 1. The van der Waals surface area contributed by atoms with Gasteiger partial charge in [-0.2, -0.15) is 0 Å². The number of hydrogen-bond donors (Lipinski definition) is 0. The Morgan fingerprint density at radius 3 is 1.98 bits per heavy atom. The van der Waals surface area contributed by atoms with Crippen molar-refractivity contribution in [1.29, 1.82) is 0 Å². The molecule has 8 aromatic carbocycles. The van der Waals surface area contributed by atoms with Crippen molar-refractivity contribution in [1.82, 2.24) is 4.98 Å². The van der Waals surface area contributed by atoms with Crippen molar-refractivity contribution in [3.63, 3.8) is 0 Å². The van der Waals surface area contributed by atoms with Crippen molar-refractivity contribution < 1.29 is 4.42 Å². The summed E-state index contributed by atoms with van der Waals surface area (Å²) in [6, 6.07) is 55.7. The van der Waals surface area contributed by atoms with E-state index in [2.05, 4.69) is 154 Å². The first-order valence-corrected chi connectivity index (χ1v) is 17.5. The summed E-state index contributed by atoms with van der Waals surface area (Å²) in [5.74, 6) is 0.557. The first-order chi connectivity index (χ1) is 24.9. The zero-order valence-electron chi connectivity index (χ0n) is 28.9. The Hall–Kier alpha value is -6.32. The van der Waals surface area contributed by atoms with Gasteiger partial charge in [0.05, 0.1) is 11.3 Å². The van der Waals surface area contributed by atoms with E-state index in [0.717, 1.165) is 39.0 Å². The van der Waals surface area contributed by atoms with Gasteiger partial charge in [0.1, 0.15) is 5.52 Å². The number of benzene rings is 8. The monoisotopic (exact) mass is 656 g/mol. The van der Waals surface area contributed by atoms with Gasteiger partial charge < -0.3 is 4.42 Å². The standard InChI is InChI=1S/C48H36N2O/c1-48(2,3)38-28-43(33-23-20-32(21-24-33)35-25-22-31-12-4-5-13-34(31)26-35)46-45(29-38)51-47(50-46)42-18-10-11-19-44(42)49-30-37-27-36-14-6-7-15-39(36)41-17-9-8-16-40(37)41/h4-30H,1-3H3. The molecular weight excluding hydrogens is 621 g/mol. The molecule has 1 aromatic heterocycles. The number of rotatable bonds is 5. The maximum atomic E-state index is 6.62. The molecule has 0 atom stereocenters. The summed E-state index contributed by atoms with van der Waals surface area (Å²) in [5, 5.41) is 7.31. The highest BCUT2D eigenvalue weighted by Crippen LogP contribution is 2.39. The molecule has 0 saturated carbocycles. The molecular formula is C48H36N2O. The highest BCUT2D eigenvalue weighted by molar-refractivity contribution is 6.14. The maximum Gasteiger partial charge on any atom is 0.229 e. The quantitative estimate of drug-likeness (QED) is 0.137. The van der Waals surface area contributed by atoms with Gasteiger partial charge in [-0.3, -0.25) is 4.99 Å². The summed E-state index contributed by atoms with van der Waals surface area (Å²) in [6.07, 6.45) is 1.97. The highest BCUT2D eigenvalue weighted by atomic mass is 16.3. The molecule has 0 spiro atoms. The fourth-order valence-electron chi connectivity index (χ4n) is 7.10. The molecule has 9 rings (SSSR count). The summed E-state index contributed by atoms with van der Waals surface area (Å²) in [5.41, 5.74) is 9.99. The van der Waals surface area contributed by atoms with E-state index in [0.29, 0.717) is 5.89 Å². The molecule has 0 radical (unpaired) electrons. The summed E-state index contributed by atoms with van der Waals surface area (Å²) in [4.78, 5) is 10.2. The van der Waals surface area contributed by atoms with Gasteiger partial charge in [0.15, 0.2) is 5.58 Å². The Bertz CT molecular complexity index is 2780. The minimum atomic E-state index is -0.0776. The number of hydrogen-bond acceptors (Lipinski definition) is 3. The molecule has 0 unspecified atom stereocenters. The first kappa shape index (κ1) is 30.7. The molecule has 0 aliphatic rings. The Morgan fingerprint density at radius 2 is 1.18 bits per heavy atom. The Kier molecular flexibility index (Phi) is 7.36. The SMILES string of the molecule is CC(C)(C)c1cc(-c2ccc(-c3ccc4ccccc4c3)cc2)c2nc(-c3ccccc3N=Cc3cc4ccccc4c4ccccc34)oc2c1. The van der Waals surface area contributed by atoms with Crippen molar-refractivity contribution >= 4 is 55.3 Å². The van der Waals surface area contributed by atoms with E-state index in [1.54, 1.807) is 0 Å². The van der Waals surface area contributed by atoms with Crippen LogP contribution in [0, 0.1) is 0 Å². The smallest absolute Gasteiger partial charge is 0.229 e. The van der Waals surface area contributed by atoms with Crippen LogP contribution in [-0.4, -0.2) is 11.2 Å². The Labute approximate surface area is 297 Å². The largest absolute Gasteiger partial charge is 0.436 e. The molecule has 0 aliphatic carbocycles. The number of fused-ring (bicyclic) bond motifs is 5. The van der Waals surface area contributed by atoms with E-state index in [4.69, 9.17) is 14.4 Å². The zero-order chi connectivity index (χ0) is 34.5. The molecule has 9 aromatic rings. The van der Waals surface area contributed by atoms with E-state index < -0.39 is 0 Å². The summed E-state index contributed by atoms with van der Waals surface area (Å²) >= 11 is 0. The van der Waals surface area contributed by atoms with Gasteiger partial charge in [0.2, 0.25) is 5.89 Å². The van der Waals surface area contributed by atoms with Crippen molar-refractivity contribution in [3.05, 3.63) is 169 Å². The number of nitrogens with zero attached hydrogens (tertiary/aromatic N) is 2. The molecule has 244 valence electrons. The molecule has 0 fully saturated rings. The van der Waals surface area contributed by atoms with Crippen LogP contribution >= 0.6 is 0 Å². The predicted molar refractivity (Wildman–Crippen MR) is 215 cm³/mol. The van der Waals surface area contributed by atoms with Crippen LogP contribution in [-0.2, 0) is 5.41 Å². The topological polar surface area (TPSA) is 38.4 Å². The lowest BCUT2D eigenvalue weighted by atomic mass is 9.85. The summed E-state index contributed by atoms with van der Waals surface area (Å²) in [6.45, 7) is 6.70. The van der Waals surface area contributed by atoms with E-state index in [9.17, 15) is 0 Å². The van der Waals surface area contributed by atoms with Crippen molar-refractivity contribution in [2.75, 3.05) is 0 Å². The molecule has 0 N–H and O–H groups in total. The molecule has 51 heavy (non-hydrogen) atoms. The second kappa shape index (κ2) is 12.2. The number of para-hydroxylation sites is 1. The highest BCUT2D eigenvalue weighted by Gasteiger charge is 2.21.